The van der Waals surface area contributed by atoms with E-state index >= 15 is 0 Å². The van der Waals surface area contributed by atoms with Gasteiger partial charge in [-0.2, -0.15) is 0 Å². The second kappa shape index (κ2) is 6.75. The number of phenols is 1. The molecule has 2 aliphatic rings. The molecule has 1 aromatic heterocycles. The molecule has 0 unspecified atom stereocenters. The van der Waals surface area contributed by atoms with Gasteiger partial charge in [-0.25, -0.2) is 8.42 Å². The number of nitrogens with zero attached hydrogens (tertiary/aromatic N) is 1. The van der Waals surface area contributed by atoms with E-state index in [0.717, 1.165) is 0 Å². The van der Waals surface area contributed by atoms with Gasteiger partial charge in [0.15, 0.2) is 15.6 Å². The predicted molar refractivity (Wildman–Crippen MR) is 103 cm³/mol. The van der Waals surface area contributed by atoms with Crippen LogP contribution in [0.5, 0.6) is 5.75 Å². The summed E-state index contributed by atoms with van der Waals surface area (Å²) in [5.74, 6) is -2.26. The third kappa shape index (κ3) is 3.10. The summed E-state index contributed by atoms with van der Waals surface area (Å²) in [7, 11) is -3.29. The SMILES string of the molecule is O=C(C1=C(O)C(=O)N([C@H]2CCS(=O)(=O)C2)[C@H]1c1cccc(O)c1)c1cccs1. The average molecular weight is 419 g/mol. The first-order valence-electron chi connectivity index (χ1n) is 8.62. The molecule has 0 aliphatic carbocycles. The number of thiophene rings is 1. The zero-order valence-corrected chi connectivity index (χ0v) is 16.2. The molecule has 0 spiro atoms. The Hall–Kier alpha value is -2.65. The Kier molecular flexibility index (Phi) is 4.51. The Morgan fingerprint density at radius 1 is 1.18 bits per heavy atom. The fourth-order valence-corrected chi connectivity index (χ4v) is 6.18. The molecule has 0 bridgehead atoms. The number of amides is 1. The highest BCUT2D eigenvalue weighted by Crippen LogP contribution is 2.43. The van der Waals surface area contributed by atoms with E-state index in [4.69, 9.17) is 0 Å². The summed E-state index contributed by atoms with van der Waals surface area (Å²) in [6.07, 6.45) is 0.233. The topological polar surface area (TPSA) is 112 Å². The molecule has 4 rings (SSSR count). The molecular formula is C19H17NO6S2. The summed E-state index contributed by atoms with van der Waals surface area (Å²) >= 11 is 1.18. The summed E-state index contributed by atoms with van der Waals surface area (Å²) in [6.45, 7) is 0. The normalized spacial score (nSPS) is 24.1. The number of aliphatic hydroxyl groups is 1. The maximum absolute atomic E-state index is 13.1. The molecule has 146 valence electrons. The van der Waals surface area contributed by atoms with E-state index in [-0.39, 0.29) is 29.2 Å². The first kappa shape index (κ1) is 18.7. The molecule has 3 heterocycles. The van der Waals surface area contributed by atoms with Crippen molar-refractivity contribution in [2.45, 2.75) is 18.5 Å². The number of ketones is 1. The fourth-order valence-electron chi connectivity index (χ4n) is 3.79. The molecule has 2 aromatic rings. The smallest absolute Gasteiger partial charge is 0.290 e. The molecule has 1 aromatic carbocycles. The van der Waals surface area contributed by atoms with E-state index in [1.165, 1.54) is 28.4 Å². The third-order valence-corrected chi connectivity index (χ3v) is 7.64. The van der Waals surface area contributed by atoms with Crippen LogP contribution in [0.1, 0.15) is 27.7 Å². The van der Waals surface area contributed by atoms with Gasteiger partial charge in [0.2, 0.25) is 5.78 Å². The minimum absolute atomic E-state index is 0.0524. The predicted octanol–water partition coefficient (Wildman–Crippen LogP) is 2.22. The van der Waals surface area contributed by atoms with E-state index < -0.39 is 39.4 Å². The van der Waals surface area contributed by atoms with Crippen molar-refractivity contribution < 1.29 is 28.2 Å². The number of sulfone groups is 1. The highest BCUT2D eigenvalue weighted by atomic mass is 32.2. The van der Waals surface area contributed by atoms with Crippen molar-refractivity contribution in [1.29, 1.82) is 0 Å². The van der Waals surface area contributed by atoms with Crippen LogP contribution in [0, 0.1) is 0 Å². The van der Waals surface area contributed by atoms with Crippen molar-refractivity contribution in [3.8, 4) is 5.75 Å². The zero-order chi connectivity index (χ0) is 20.1. The number of phenolic OH excluding ortho intramolecular Hbond substituents is 1. The maximum Gasteiger partial charge on any atom is 0.290 e. The lowest BCUT2D eigenvalue weighted by Crippen LogP contribution is -2.41. The highest BCUT2D eigenvalue weighted by Gasteiger charge is 2.49. The van der Waals surface area contributed by atoms with E-state index in [1.54, 1.807) is 29.6 Å². The summed E-state index contributed by atoms with van der Waals surface area (Å²) in [4.78, 5) is 27.6. The highest BCUT2D eigenvalue weighted by molar-refractivity contribution is 7.91. The summed E-state index contributed by atoms with van der Waals surface area (Å²) < 4.78 is 23.9. The Bertz CT molecular complexity index is 1090. The second-order valence-electron chi connectivity index (χ2n) is 6.84. The largest absolute Gasteiger partial charge is 0.508 e. The molecule has 2 atom stereocenters. The van der Waals surface area contributed by atoms with Gasteiger partial charge < -0.3 is 15.1 Å². The van der Waals surface area contributed by atoms with Crippen LogP contribution in [0.4, 0.5) is 0 Å². The minimum atomic E-state index is -3.29. The zero-order valence-electron chi connectivity index (χ0n) is 14.6. The molecule has 2 N–H and O–H groups in total. The molecule has 0 saturated carbocycles. The molecule has 7 nitrogen and oxygen atoms in total. The number of hydrogen-bond acceptors (Lipinski definition) is 7. The van der Waals surface area contributed by atoms with Crippen LogP contribution in [0.25, 0.3) is 0 Å². The van der Waals surface area contributed by atoms with Gasteiger partial charge in [-0.1, -0.05) is 18.2 Å². The molecule has 1 fully saturated rings. The van der Waals surface area contributed by atoms with Crippen molar-refractivity contribution in [2.24, 2.45) is 0 Å². The van der Waals surface area contributed by atoms with Crippen molar-refractivity contribution in [3.05, 3.63) is 63.6 Å². The number of benzene rings is 1. The van der Waals surface area contributed by atoms with Crippen LogP contribution in [-0.2, 0) is 14.6 Å². The Labute approximate surface area is 165 Å². The number of rotatable bonds is 4. The van der Waals surface area contributed by atoms with Crippen molar-refractivity contribution in [1.82, 2.24) is 4.90 Å². The van der Waals surface area contributed by atoms with Crippen LogP contribution in [0.3, 0.4) is 0 Å². The Balaban J connectivity index is 1.84. The van der Waals surface area contributed by atoms with E-state index in [2.05, 4.69) is 0 Å². The summed E-state index contributed by atoms with van der Waals surface area (Å²) in [5.41, 5.74) is 0.337. The van der Waals surface area contributed by atoms with Gasteiger partial charge in [-0.15, -0.1) is 11.3 Å². The van der Waals surface area contributed by atoms with Crippen LogP contribution >= 0.6 is 11.3 Å². The number of aromatic hydroxyl groups is 1. The molecular weight excluding hydrogens is 402 g/mol. The van der Waals surface area contributed by atoms with Crippen molar-refractivity contribution in [3.63, 3.8) is 0 Å². The molecule has 9 heteroatoms. The number of Topliss-reactive ketones (excluding diaryl/α,β-unsaturated/α-hetero) is 1. The molecule has 0 radical (unpaired) electrons. The van der Waals surface area contributed by atoms with E-state index in [0.29, 0.717) is 10.4 Å². The van der Waals surface area contributed by atoms with Gasteiger partial charge in [-0.3, -0.25) is 9.59 Å². The molecule has 1 saturated heterocycles. The van der Waals surface area contributed by atoms with Crippen molar-refractivity contribution in [2.75, 3.05) is 11.5 Å². The lowest BCUT2D eigenvalue weighted by molar-refractivity contribution is -0.131. The van der Waals surface area contributed by atoms with Gasteiger partial charge in [0.05, 0.1) is 28.0 Å². The molecule has 2 aliphatic heterocycles. The number of carbonyl (C=O) groups is 2. The lowest BCUT2D eigenvalue weighted by Gasteiger charge is -2.31. The fraction of sp³-hybridized carbons (Fsp3) is 0.263. The van der Waals surface area contributed by atoms with Crippen LogP contribution in [0.15, 0.2) is 53.1 Å². The van der Waals surface area contributed by atoms with Crippen LogP contribution in [-0.4, -0.2) is 52.8 Å². The van der Waals surface area contributed by atoms with E-state index in [1.807, 2.05) is 0 Å². The first-order chi connectivity index (χ1) is 13.3. The quantitative estimate of drug-likeness (QED) is 0.735. The monoisotopic (exact) mass is 419 g/mol. The molecule has 1 amide bonds. The molecule has 28 heavy (non-hydrogen) atoms. The minimum Gasteiger partial charge on any atom is -0.508 e. The van der Waals surface area contributed by atoms with E-state index in [9.17, 15) is 28.2 Å². The van der Waals surface area contributed by atoms with Crippen LogP contribution in [0.2, 0.25) is 0 Å². The summed E-state index contributed by atoms with van der Waals surface area (Å²) in [5, 5.41) is 22.2. The standard InChI is InChI=1S/C19H17NO6S2/c21-13-4-1-3-11(9-13)16-15(17(22)14-5-2-7-27-14)18(23)19(24)20(16)12-6-8-28(25,26)10-12/h1-5,7,9,12,16,21,23H,6,8,10H2/t12-,16-/m0/s1. The van der Waals surface area contributed by atoms with Gasteiger partial charge in [0.1, 0.15) is 5.75 Å². The third-order valence-electron chi connectivity index (χ3n) is 5.02. The average Bonchev–Trinajstić information content (AvgIpc) is 3.34. The number of hydrogen-bond donors (Lipinski definition) is 2. The van der Waals surface area contributed by atoms with Gasteiger partial charge in [0.25, 0.3) is 5.91 Å². The van der Waals surface area contributed by atoms with Crippen molar-refractivity contribution >= 4 is 32.9 Å². The Morgan fingerprint density at radius 3 is 2.57 bits per heavy atom. The lowest BCUT2D eigenvalue weighted by atomic mass is 9.94. The number of aliphatic hydroxyl groups excluding tert-OH is 1. The first-order valence-corrected chi connectivity index (χ1v) is 11.3. The summed E-state index contributed by atoms with van der Waals surface area (Å²) in [6, 6.07) is 7.74. The second-order valence-corrected chi connectivity index (χ2v) is 10.0. The van der Waals surface area contributed by atoms with Gasteiger partial charge in [-0.05, 0) is 35.6 Å². The maximum atomic E-state index is 13.1. The van der Waals surface area contributed by atoms with Gasteiger partial charge >= 0.3 is 0 Å². The number of carbonyl (C=O) groups excluding carboxylic acids is 2. The van der Waals surface area contributed by atoms with Gasteiger partial charge in [0, 0.05) is 6.04 Å². The van der Waals surface area contributed by atoms with Crippen LogP contribution < -0.4 is 0 Å². The Morgan fingerprint density at radius 2 is 1.96 bits per heavy atom.